The molecule has 0 radical (unpaired) electrons. The van der Waals surface area contributed by atoms with E-state index in [-0.39, 0.29) is 0 Å². The zero-order chi connectivity index (χ0) is 13.5. The van der Waals surface area contributed by atoms with Gasteiger partial charge in [0, 0.05) is 31.0 Å². The Bertz CT molecular complexity index is 635. The molecule has 2 nitrogen and oxygen atoms in total. The van der Waals surface area contributed by atoms with E-state index in [1.54, 1.807) is 0 Å². The van der Waals surface area contributed by atoms with Gasteiger partial charge in [-0.05, 0) is 29.8 Å². The Kier molecular flexibility index (Phi) is 2.78. The highest BCUT2D eigenvalue weighted by Crippen LogP contribution is 2.39. The first-order valence-corrected chi connectivity index (χ1v) is 7.34. The van der Waals surface area contributed by atoms with Gasteiger partial charge < -0.3 is 9.64 Å². The van der Waals surface area contributed by atoms with Crippen molar-refractivity contribution in [1.29, 1.82) is 0 Å². The maximum Gasteiger partial charge on any atom is 0.122 e. The van der Waals surface area contributed by atoms with Crippen LogP contribution in [0.5, 0.6) is 5.75 Å². The van der Waals surface area contributed by atoms with Crippen LogP contribution < -0.4 is 4.74 Å². The van der Waals surface area contributed by atoms with Crippen LogP contribution in [-0.2, 0) is 13.0 Å². The molecule has 2 aliphatic rings. The van der Waals surface area contributed by atoms with Crippen molar-refractivity contribution < 1.29 is 4.74 Å². The Hall–Kier alpha value is -1.80. The van der Waals surface area contributed by atoms with Crippen LogP contribution in [0.15, 0.2) is 42.5 Å². The highest BCUT2D eigenvalue weighted by Gasteiger charge is 2.29. The van der Waals surface area contributed by atoms with Gasteiger partial charge >= 0.3 is 0 Å². The van der Waals surface area contributed by atoms with E-state index in [2.05, 4.69) is 54.4 Å². The second-order valence-corrected chi connectivity index (χ2v) is 5.87. The van der Waals surface area contributed by atoms with Crippen molar-refractivity contribution in [2.75, 3.05) is 20.2 Å². The topological polar surface area (TPSA) is 12.5 Å². The molecule has 0 aromatic heterocycles. The molecule has 0 saturated heterocycles. The quantitative estimate of drug-likeness (QED) is 0.785. The molecule has 2 heterocycles. The van der Waals surface area contributed by atoms with Crippen molar-refractivity contribution in [3.8, 4) is 5.75 Å². The third-order valence-electron chi connectivity index (χ3n) is 4.53. The lowest BCUT2D eigenvalue weighted by Gasteiger charge is -2.33. The van der Waals surface area contributed by atoms with Gasteiger partial charge in [0.1, 0.15) is 5.75 Å². The molecular weight excluding hydrogens is 246 g/mol. The molecule has 2 aromatic rings. The van der Waals surface area contributed by atoms with Gasteiger partial charge in [-0.15, -0.1) is 0 Å². The predicted octanol–water partition coefficient (Wildman–Crippen LogP) is 3.20. The van der Waals surface area contributed by atoms with Crippen LogP contribution in [0.1, 0.15) is 28.2 Å². The maximum absolute atomic E-state index is 5.72. The molecule has 0 spiro atoms. The van der Waals surface area contributed by atoms with E-state index in [0.29, 0.717) is 5.92 Å². The molecule has 0 N–H and O–H groups in total. The number of fused-ring (bicyclic) bond motifs is 3. The Morgan fingerprint density at radius 2 is 1.90 bits per heavy atom. The average molecular weight is 265 g/mol. The third kappa shape index (κ3) is 1.83. The molecule has 4 rings (SSSR count). The van der Waals surface area contributed by atoms with Crippen molar-refractivity contribution >= 4 is 0 Å². The van der Waals surface area contributed by atoms with Gasteiger partial charge in [-0.25, -0.2) is 0 Å². The molecule has 2 aliphatic heterocycles. The van der Waals surface area contributed by atoms with E-state index in [0.717, 1.165) is 31.9 Å². The van der Waals surface area contributed by atoms with Gasteiger partial charge in [0.25, 0.3) is 0 Å². The van der Waals surface area contributed by atoms with Crippen LogP contribution in [0, 0.1) is 0 Å². The molecule has 2 aromatic carbocycles. The van der Waals surface area contributed by atoms with Crippen molar-refractivity contribution in [1.82, 2.24) is 4.90 Å². The molecule has 1 unspecified atom stereocenters. The third-order valence-corrected chi connectivity index (χ3v) is 4.53. The summed E-state index contributed by atoms with van der Waals surface area (Å²) < 4.78 is 5.72. The van der Waals surface area contributed by atoms with Gasteiger partial charge in [0.15, 0.2) is 0 Å². The zero-order valence-electron chi connectivity index (χ0n) is 11.8. The lowest BCUT2D eigenvalue weighted by molar-refractivity contribution is 0.294. The van der Waals surface area contributed by atoms with Gasteiger partial charge in [-0.3, -0.25) is 0 Å². The smallest absolute Gasteiger partial charge is 0.122 e. The normalized spacial score (nSPS) is 21.1. The Balaban J connectivity index is 1.86. The summed E-state index contributed by atoms with van der Waals surface area (Å²) in [6.45, 7) is 2.98. The summed E-state index contributed by atoms with van der Waals surface area (Å²) >= 11 is 0. The molecular formula is C18H19NO. The number of benzene rings is 2. The predicted molar refractivity (Wildman–Crippen MR) is 80.3 cm³/mol. The average Bonchev–Trinajstić information content (AvgIpc) is 2.96. The van der Waals surface area contributed by atoms with E-state index in [9.17, 15) is 0 Å². The van der Waals surface area contributed by atoms with Gasteiger partial charge in [-0.2, -0.15) is 0 Å². The number of hydrogen-bond donors (Lipinski definition) is 0. The number of rotatable bonds is 1. The molecule has 0 aliphatic carbocycles. The van der Waals surface area contributed by atoms with Crippen molar-refractivity contribution in [2.24, 2.45) is 0 Å². The molecule has 1 atom stereocenters. The minimum atomic E-state index is 0.482. The Morgan fingerprint density at radius 3 is 2.75 bits per heavy atom. The summed E-state index contributed by atoms with van der Waals surface area (Å²) in [6, 6.07) is 15.3. The maximum atomic E-state index is 5.72. The first-order valence-electron chi connectivity index (χ1n) is 7.34. The van der Waals surface area contributed by atoms with E-state index in [4.69, 9.17) is 4.74 Å². The molecule has 0 bridgehead atoms. The lowest BCUT2D eigenvalue weighted by Crippen LogP contribution is -2.31. The minimum absolute atomic E-state index is 0.482. The number of likely N-dealkylation sites (N-methyl/N-ethyl adjacent to an activating group) is 1. The molecule has 0 fully saturated rings. The molecule has 102 valence electrons. The van der Waals surface area contributed by atoms with E-state index in [1.807, 2.05) is 0 Å². The fraction of sp³-hybridized carbons (Fsp3) is 0.333. The van der Waals surface area contributed by atoms with E-state index < -0.39 is 0 Å². The number of nitrogens with zero attached hydrogens (tertiary/aromatic N) is 1. The van der Waals surface area contributed by atoms with Crippen molar-refractivity contribution in [3.05, 3.63) is 64.7 Å². The summed E-state index contributed by atoms with van der Waals surface area (Å²) in [6.07, 6.45) is 1.06. The van der Waals surface area contributed by atoms with Gasteiger partial charge in [0.05, 0.1) is 6.61 Å². The lowest BCUT2D eigenvalue weighted by atomic mass is 9.82. The number of ether oxygens (including phenoxy) is 1. The molecule has 0 saturated carbocycles. The summed E-state index contributed by atoms with van der Waals surface area (Å²) in [5, 5.41) is 0. The largest absolute Gasteiger partial charge is 0.493 e. The second kappa shape index (κ2) is 4.64. The first-order chi connectivity index (χ1) is 9.83. The summed E-state index contributed by atoms with van der Waals surface area (Å²) in [5.41, 5.74) is 5.86. The fourth-order valence-corrected chi connectivity index (χ4v) is 3.59. The highest BCUT2D eigenvalue weighted by atomic mass is 16.5. The molecule has 0 amide bonds. The van der Waals surface area contributed by atoms with Gasteiger partial charge in [0.2, 0.25) is 0 Å². The van der Waals surface area contributed by atoms with E-state index in [1.165, 1.54) is 22.3 Å². The van der Waals surface area contributed by atoms with Crippen LogP contribution in [-0.4, -0.2) is 25.1 Å². The first kappa shape index (κ1) is 12.0. The second-order valence-electron chi connectivity index (χ2n) is 5.87. The Labute approximate surface area is 120 Å². The fourth-order valence-electron chi connectivity index (χ4n) is 3.59. The molecule has 2 heteroatoms. The van der Waals surface area contributed by atoms with Crippen LogP contribution in [0.2, 0.25) is 0 Å². The summed E-state index contributed by atoms with van der Waals surface area (Å²) in [5.74, 6) is 1.58. The van der Waals surface area contributed by atoms with Crippen LogP contribution >= 0.6 is 0 Å². The zero-order valence-corrected chi connectivity index (χ0v) is 11.8. The highest BCUT2D eigenvalue weighted by molar-refractivity contribution is 5.51. The van der Waals surface area contributed by atoms with Gasteiger partial charge in [-0.1, -0.05) is 36.4 Å². The Morgan fingerprint density at radius 1 is 1.05 bits per heavy atom. The summed E-state index contributed by atoms with van der Waals surface area (Å²) in [4.78, 5) is 2.43. The SMILES string of the molecule is CN1Cc2c(ccc3c2CCO3)C(c2ccccc2)C1. The van der Waals surface area contributed by atoms with Crippen molar-refractivity contribution in [2.45, 2.75) is 18.9 Å². The van der Waals surface area contributed by atoms with E-state index >= 15 is 0 Å². The van der Waals surface area contributed by atoms with Crippen LogP contribution in [0.25, 0.3) is 0 Å². The van der Waals surface area contributed by atoms with Crippen LogP contribution in [0.4, 0.5) is 0 Å². The van der Waals surface area contributed by atoms with Crippen molar-refractivity contribution in [3.63, 3.8) is 0 Å². The molecule has 20 heavy (non-hydrogen) atoms. The summed E-state index contributed by atoms with van der Waals surface area (Å²) in [7, 11) is 2.22. The minimum Gasteiger partial charge on any atom is -0.493 e. The standard InChI is InChI=1S/C18H19NO/c1-19-11-16(13-5-3-2-4-6-13)14-7-8-18-15(9-10-20-18)17(14)12-19/h2-8,16H,9-12H2,1H3. The monoisotopic (exact) mass is 265 g/mol. The number of hydrogen-bond acceptors (Lipinski definition) is 2. The van der Waals surface area contributed by atoms with Crippen LogP contribution in [0.3, 0.4) is 0 Å².